The number of carbonyl (C=O) groups excluding carboxylic acids is 1. The summed E-state index contributed by atoms with van der Waals surface area (Å²) in [6, 6.07) is 5.42. The second-order valence-electron chi connectivity index (χ2n) is 6.50. The smallest absolute Gasteiger partial charge is 0.357 e. The third-order valence-corrected chi connectivity index (χ3v) is 3.54. The molecular weight excluding hydrogens is 268 g/mol. The van der Waals surface area contributed by atoms with Crippen LogP contribution in [0.1, 0.15) is 44.1 Å². The third-order valence-electron chi connectivity index (χ3n) is 3.54. The van der Waals surface area contributed by atoms with Crippen LogP contribution >= 0.6 is 0 Å². The van der Waals surface area contributed by atoms with Crippen molar-refractivity contribution < 1.29 is 14.6 Å². The van der Waals surface area contributed by atoms with Crippen LogP contribution in [-0.2, 0) is 4.74 Å². The molecular formula is C16H24N2O3. The van der Waals surface area contributed by atoms with Crippen molar-refractivity contribution in [1.82, 2.24) is 4.98 Å². The second kappa shape index (κ2) is 6.43. The number of carbonyl (C=O) groups is 1. The lowest BCUT2D eigenvalue weighted by atomic mass is 9.98. The van der Waals surface area contributed by atoms with Crippen LogP contribution in [0, 0.1) is 5.92 Å². The van der Waals surface area contributed by atoms with E-state index in [1.54, 1.807) is 6.07 Å². The van der Waals surface area contributed by atoms with Gasteiger partial charge in [0.05, 0.1) is 0 Å². The van der Waals surface area contributed by atoms with E-state index in [4.69, 9.17) is 4.74 Å². The molecule has 0 aromatic carbocycles. The average Bonchev–Trinajstić information content (AvgIpc) is 2.46. The van der Waals surface area contributed by atoms with Gasteiger partial charge in [-0.3, -0.25) is 0 Å². The van der Waals surface area contributed by atoms with E-state index in [1.165, 1.54) is 0 Å². The van der Waals surface area contributed by atoms with Gasteiger partial charge in [-0.2, -0.15) is 0 Å². The first-order valence-corrected chi connectivity index (χ1v) is 7.45. The van der Waals surface area contributed by atoms with Gasteiger partial charge in [-0.05, 0) is 51.7 Å². The van der Waals surface area contributed by atoms with Crippen LogP contribution in [0.4, 0.5) is 5.82 Å². The molecule has 5 heteroatoms. The van der Waals surface area contributed by atoms with Crippen molar-refractivity contribution in [1.29, 1.82) is 0 Å². The maximum Gasteiger partial charge on any atom is 0.357 e. The molecule has 5 nitrogen and oxygen atoms in total. The van der Waals surface area contributed by atoms with Crippen LogP contribution in [-0.4, -0.2) is 41.4 Å². The molecule has 0 spiro atoms. The number of esters is 1. The lowest BCUT2D eigenvalue weighted by molar-refractivity contribution is 0.00629. The van der Waals surface area contributed by atoms with Gasteiger partial charge in [0.1, 0.15) is 11.4 Å². The normalized spacial score (nSPS) is 16.9. The van der Waals surface area contributed by atoms with E-state index in [0.717, 1.165) is 31.7 Å². The molecule has 1 aromatic heterocycles. The Balaban J connectivity index is 2.06. The molecule has 0 saturated carbocycles. The minimum Gasteiger partial charge on any atom is -0.455 e. The standard InChI is InChI=1S/C16H24N2O3/c1-16(2,3)21-15(20)13-5-4-6-14(17-13)18-9-7-12(11-19)8-10-18/h4-6,12,19H,7-11H2,1-3H3. The number of aliphatic hydroxyl groups is 1. The molecule has 2 heterocycles. The van der Waals surface area contributed by atoms with Gasteiger partial charge < -0.3 is 14.7 Å². The Labute approximate surface area is 125 Å². The predicted molar refractivity (Wildman–Crippen MR) is 81.4 cm³/mol. The maximum absolute atomic E-state index is 12.1. The number of hydrogen-bond acceptors (Lipinski definition) is 5. The number of anilines is 1. The first-order valence-electron chi connectivity index (χ1n) is 7.45. The Kier molecular flexibility index (Phi) is 4.83. The fourth-order valence-corrected chi connectivity index (χ4v) is 2.39. The van der Waals surface area contributed by atoms with E-state index in [1.807, 2.05) is 32.9 Å². The summed E-state index contributed by atoms with van der Waals surface area (Å²) in [6.45, 7) is 7.49. The molecule has 0 bridgehead atoms. The van der Waals surface area contributed by atoms with Crippen molar-refractivity contribution in [2.75, 3.05) is 24.6 Å². The van der Waals surface area contributed by atoms with Crippen molar-refractivity contribution in [3.05, 3.63) is 23.9 Å². The van der Waals surface area contributed by atoms with Crippen LogP contribution in [0.5, 0.6) is 0 Å². The van der Waals surface area contributed by atoms with Crippen LogP contribution < -0.4 is 4.90 Å². The predicted octanol–water partition coefficient (Wildman–Crippen LogP) is 2.25. The highest BCUT2D eigenvalue weighted by molar-refractivity contribution is 5.88. The molecule has 1 aromatic rings. The SMILES string of the molecule is CC(C)(C)OC(=O)c1cccc(N2CCC(CO)CC2)n1. The van der Waals surface area contributed by atoms with Crippen molar-refractivity contribution in [2.45, 2.75) is 39.2 Å². The number of pyridine rings is 1. The van der Waals surface area contributed by atoms with Gasteiger partial charge in [-0.1, -0.05) is 6.07 Å². The van der Waals surface area contributed by atoms with Crippen molar-refractivity contribution in [3.8, 4) is 0 Å². The number of ether oxygens (including phenoxy) is 1. The molecule has 116 valence electrons. The maximum atomic E-state index is 12.1. The van der Waals surface area contributed by atoms with E-state index in [2.05, 4.69) is 9.88 Å². The molecule has 0 radical (unpaired) electrons. The quantitative estimate of drug-likeness (QED) is 0.866. The third kappa shape index (κ3) is 4.43. The Morgan fingerprint density at radius 1 is 1.38 bits per heavy atom. The lowest BCUT2D eigenvalue weighted by Gasteiger charge is -2.32. The first kappa shape index (κ1) is 15.8. The summed E-state index contributed by atoms with van der Waals surface area (Å²) in [5.74, 6) is 0.791. The van der Waals surface area contributed by atoms with Crippen molar-refractivity contribution in [2.24, 2.45) is 5.92 Å². The van der Waals surface area contributed by atoms with Crippen LogP contribution in [0.2, 0.25) is 0 Å². The summed E-state index contributed by atoms with van der Waals surface area (Å²) in [6.07, 6.45) is 1.91. The first-order chi connectivity index (χ1) is 9.89. The largest absolute Gasteiger partial charge is 0.455 e. The summed E-state index contributed by atoms with van der Waals surface area (Å²) < 4.78 is 5.35. The Morgan fingerprint density at radius 3 is 2.62 bits per heavy atom. The van der Waals surface area contributed by atoms with E-state index in [9.17, 15) is 9.90 Å². The van der Waals surface area contributed by atoms with Gasteiger partial charge in [-0.15, -0.1) is 0 Å². The van der Waals surface area contributed by atoms with Gasteiger partial charge in [-0.25, -0.2) is 9.78 Å². The highest BCUT2D eigenvalue weighted by Crippen LogP contribution is 2.22. The summed E-state index contributed by atoms with van der Waals surface area (Å²) in [5, 5.41) is 9.18. The molecule has 1 aliphatic heterocycles. The zero-order valence-corrected chi connectivity index (χ0v) is 13.0. The van der Waals surface area contributed by atoms with Gasteiger partial charge in [0.2, 0.25) is 0 Å². The number of hydrogen-bond donors (Lipinski definition) is 1. The number of piperidine rings is 1. The van der Waals surface area contributed by atoms with Crippen LogP contribution in [0.25, 0.3) is 0 Å². The molecule has 0 unspecified atom stereocenters. The van der Waals surface area contributed by atoms with Gasteiger partial charge in [0, 0.05) is 19.7 Å². The van der Waals surface area contributed by atoms with E-state index in [0.29, 0.717) is 11.6 Å². The fourth-order valence-electron chi connectivity index (χ4n) is 2.39. The number of nitrogens with zero attached hydrogens (tertiary/aromatic N) is 2. The van der Waals surface area contributed by atoms with Crippen molar-refractivity contribution in [3.63, 3.8) is 0 Å². The van der Waals surface area contributed by atoms with Crippen LogP contribution in [0.3, 0.4) is 0 Å². The summed E-state index contributed by atoms with van der Waals surface area (Å²) in [5.41, 5.74) is -0.180. The van der Waals surface area contributed by atoms with Crippen LogP contribution in [0.15, 0.2) is 18.2 Å². The molecule has 1 saturated heterocycles. The fraction of sp³-hybridized carbons (Fsp3) is 0.625. The van der Waals surface area contributed by atoms with Gasteiger partial charge >= 0.3 is 5.97 Å². The molecule has 0 amide bonds. The highest BCUT2D eigenvalue weighted by atomic mass is 16.6. The minimum atomic E-state index is -0.520. The molecule has 0 aliphatic carbocycles. The molecule has 21 heavy (non-hydrogen) atoms. The highest BCUT2D eigenvalue weighted by Gasteiger charge is 2.22. The average molecular weight is 292 g/mol. The zero-order valence-electron chi connectivity index (χ0n) is 13.0. The zero-order chi connectivity index (χ0) is 15.5. The Bertz CT molecular complexity index is 489. The van der Waals surface area contributed by atoms with E-state index >= 15 is 0 Å². The number of aromatic nitrogens is 1. The molecule has 2 rings (SSSR count). The Morgan fingerprint density at radius 2 is 2.05 bits per heavy atom. The summed E-state index contributed by atoms with van der Waals surface area (Å²) >= 11 is 0. The number of aliphatic hydroxyl groups excluding tert-OH is 1. The molecule has 1 aliphatic rings. The molecule has 0 atom stereocenters. The summed E-state index contributed by atoms with van der Waals surface area (Å²) in [4.78, 5) is 18.6. The molecule has 1 N–H and O–H groups in total. The van der Waals surface area contributed by atoms with Gasteiger partial charge in [0.15, 0.2) is 5.69 Å². The van der Waals surface area contributed by atoms with Gasteiger partial charge in [0.25, 0.3) is 0 Å². The summed E-state index contributed by atoms with van der Waals surface area (Å²) in [7, 11) is 0. The van der Waals surface area contributed by atoms with E-state index in [-0.39, 0.29) is 6.61 Å². The number of rotatable bonds is 3. The van der Waals surface area contributed by atoms with E-state index < -0.39 is 11.6 Å². The Hall–Kier alpha value is -1.62. The molecule has 1 fully saturated rings. The second-order valence-corrected chi connectivity index (χ2v) is 6.50. The lowest BCUT2D eigenvalue weighted by Crippen LogP contribution is -2.35. The monoisotopic (exact) mass is 292 g/mol. The topological polar surface area (TPSA) is 62.7 Å². The van der Waals surface area contributed by atoms with Crippen molar-refractivity contribution >= 4 is 11.8 Å². The minimum absolute atomic E-state index is 0.249.